The lowest BCUT2D eigenvalue weighted by atomic mass is 9.74. The fraction of sp³-hybridized carbons (Fsp3) is 0.531. The summed E-state index contributed by atoms with van der Waals surface area (Å²) in [4.78, 5) is 38.8. The summed E-state index contributed by atoms with van der Waals surface area (Å²) in [7, 11) is 0. The van der Waals surface area contributed by atoms with E-state index in [0.717, 1.165) is 47.1 Å². The molecule has 0 unspecified atom stereocenters. The van der Waals surface area contributed by atoms with Crippen LogP contribution in [0.5, 0.6) is 0 Å². The lowest BCUT2D eigenvalue weighted by Gasteiger charge is -2.30. The number of carbonyl (C=O) groups excluding carboxylic acids is 2. The van der Waals surface area contributed by atoms with Crippen molar-refractivity contribution in [2.45, 2.75) is 93.4 Å². The fourth-order valence-corrected chi connectivity index (χ4v) is 6.39. The van der Waals surface area contributed by atoms with E-state index in [1.807, 2.05) is 34.6 Å². The van der Waals surface area contributed by atoms with E-state index in [9.17, 15) is 9.59 Å². The van der Waals surface area contributed by atoms with Gasteiger partial charge in [-0.1, -0.05) is 47.1 Å². The molecule has 2 N–H and O–H groups in total. The van der Waals surface area contributed by atoms with Crippen LogP contribution in [0.1, 0.15) is 108 Å². The summed E-state index contributed by atoms with van der Waals surface area (Å²) in [6.07, 6.45) is 7.01. The summed E-state index contributed by atoms with van der Waals surface area (Å²) >= 11 is 6.14. The predicted octanol–water partition coefficient (Wildman–Crippen LogP) is 7.56. The van der Waals surface area contributed by atoms with Crippen LogP contribution in [0.4, 0.5) is 16.0 Å². The van der Waals surface area contributed by atoms with Crippen molar-refractivity contribution in [3.8, 4) is 0 Å². The largest absolute Gasteiger partial charge is 0.351 e. The van der Waals surface area contributed by atoms with Crippen LogP contribution in [0.3, 0.4) is 0 Å². The summed E-state index contributed by atoms with van der Waals surface area (Å²) in [5.41, 5.74) is 5.88. The van der Waals surface area contributed by atoms with Gasteiger partial charge in [0, 0.05) is 36.7 Å². The van der Waals surface area contributed by atoms with Crippen LogP contribution in [-0.2, 0) is 17.6 Å². The topological polar surface area (TPSA) is 96.9 Å². The minimum absolute atomic E-state index is 0.0253. The molecule has 0 radical (unpaired) electrons. The molecule has 3 aliphatic rings. The van der Waals surface area contributed by atoms with Gasteiger partial charge in [0.05, 0.1) is 5.69 Å². The zero-order valence-corrected chi connectivity index (χ0v) is 26.0. The van der Waals surface area contributed by atoms with Crippen LogP contribution < -0.4 is 10.6 Å². The Balaban J connectivity index is 0.00000189. The first-order chi connectivity index (χ1) is 19.6. The van der Waals surface area contributed by atoms with Crippen molar-refractivity contribution >= 4 is 40.5 Å². The number of hydrogen-bond donors (Lipinski definition) is 2. The standard InChI is InChI=1S/C30H35ClFN5O2.C2H6/c1-6-20(38)22(16(5)30(7-2)11-12-30)18-9-8-17-14-34-27(25(32)23(17)21(18)15(3)4)36-26-24-19(35-29(31)37-26)10-13-33-28(24)39;1-2/h14-15H,6-13H2,1-5H3,(H,33,39)(H,34,35,36,37);1-2H3/b22-16-;. The summed E-state index contributed by atoms with van der Waals surface area (Å²) in [5.74, 6) is -0.696. The number of aryl methyl sites for hydroxylation is 1. The number of nitrogens with zero attached hydrogens (tertiary/aromatic N) is 3. The number of rotatable bonds is 8. The molecule has 1 fully saturated rings. The minimum atomic E-state index is -0.523. The normalized spacial score (nSPS) is 17.6. The average Bonchev–Trinajstić information content (AvgIpc) is 3.76. The van der Waals surface area contributed by atoms with E-state index in [2.05, 4.69) is 39.4 Å². The van der Waals surface area contributed by atoms with Crippen molar-refractivity contribution in [1.82, 2.24) is 20.3 Å². The monoisotopic (exact) mass is 581 g/mol. The highest BCUT2D eigenvalue weighted by atomic mass is 35.5. The maximum absolute atomic E-state index is 16.5. The summed E-state index contributed by atoms with van der Waals surface area (Å²) in [5, 5.41) is 5.69. The predicted molar refractivity (Wildman–Crippen MR) is 162 cm³/mol. The molecule has 0 bridgehead atoms. The highest BCUT2D eigenvalue weighted by Crippen LogP contribution is 2.57. The Morgan fingerprint density at radius 1 is 1.12 bits per heavy atom. The van der Waals surface area contributed by atoms with Gasteiger partial charge in [0.2, 0.25) is 5.28 Å². The van der Waals surface area contributed by atoms with Crippen molar-refractivity contribution in [3.63, 3.8) is 0 Å². The van der Waals surface area contributed by atoms with E-state index in [1.165, 1.54) is 0 Å². The zero-order valence-electron chi connectivity index (χ0n) is 25.2. The summed E-state index contributed by atoms with van der Waals surface area (Å²) in [6.45, 7) is 14.7. The molecular weight excluding hydrogens is 541 g/mol. The van der Waals surface area contributed by atoms with Gasteiger partial charge < -0.3 is 10.6 Å². The average molecular weight is 582 g/mol. The van der Waals surface area contributed by atoms with Gasteiger partial charge in [-0.3, -0.25) is 9.59 Å². The molecule has 0 spiro atoms. The molecule has 0 saturated heterocycles. The van der Waals surface area contributed by atoms with Crippen LogP contribution >= 0.6 is 11.6 Å². The van der Waals surface area contributed by atoms with Crippen molar-refractivity contribution in [2.75, 3.05) is 11.9 Å². The molecule has 9 heteroatoms. The van der Waals surface area contributed by atoms with Gasteiger partial charge >= 0.3 is 0 Å². The molecule has 41 heavy (non-hydrogen) atoms. The zero-order chi connectivity index (χ0) is 30.1. The van der Waals surface area contributed by atoms with Crippen molar-refractivity contribution in [2.24, 2.45) is 11.3 Å². The maximum atomic E-state index is 16.5. The molecular formula is C32H41ClFN5O2. The molecule has 7 nitrogen and oxygen atoms in total. The maximum Gasteiger partial charge on any atom is 0.256 e. The van der Waals surface area contributed by atoms with Crippen LogP contribution in [0.15, 0.2) is 22.9 Å². The Kier molecular flexibility index (Phi) is 9.32. The highest BCUT2D eigenvalue weighted by molar-refractivity contribution is 6.28. The number of amides is 1. The number of fused-ring (bicyclic) bond motifs is 2. The minimum Gasteiger partial charge on any atom is -0.351 e. The molecule has 1 saturated carbocycles. The van der Waals surface area contributed by atoms with Crippen LogP contribution in [0.25, 0.3) is 5.57 Å². The van der Waals surface area contributed by atoms with E-state index >= 15 is 4.39 Å². The Bertz CT molecular complexity index is 1440. The SMILES string of the molecule is CC.CCC(=O)/C(C1=C(C(C)C)c2c(cnc(Nc3nc(Cl)nc4c3C(=O)NCC4)c2F)CC1)=C(/C)C1(CC)CC1. The molecule has 2 aliphatic carbocycles. The highest BCUT2D eigenvalue weighted by Gasteiger charge is 2.45. The second kappa shape index (κ2) is 12.4. The molecule has 0 atom stereocenters. The van der Waals surface area contributed by atoms with Crippen LogP contribution in [-0.4, -0.2) is 33.2 Å². The summed E-state index contributed by atoms with van der Waals surface area (Å²) in [6, 6.07) is 0. The van der Waals surface area contributed by atoms with Crippen LogP contribution in [0, 0.1) is 17.2 Å². The van der Waals surface area contributed by atoms with Gasteiger partial charge in [-0.15, -0.1) is 0 Å². The van der Waals surface area contributed by atoms with Gasteiger partial charge in [0.1, 0.15) is 11.4 Å². The Labute approximate surface area is 247 Å². The van der Waals surface area contributed by atoms with E-state index in [1.54, 1.807) is 6.20 Å². The first-order valence-corrected chi connectivity index (χ1v) is 15.3. The smallest absolute Gasteiger partial charge is 0.256 e. The number of pyridine rings is 1. The quantitative estimate of drug-likeness (QED) is 0.247. The first kappa shape index (κ1) is 30.8. The van der Waals surface area contributed by atoms with Gasteiger partial charge in [0.15, 0.2) is 17.4 Å². The molecule has 1 aliphatic heterocycles. The van der Waals surface area contributed by atoms with E-state index in [-0.39, 0.29) is 45.5 Å². The second-order valence-corrected chi connectivity index (χ2v) is 11.4. The number of Topliss-reactive ketones (excluding diaryl/α,β-unsaturated/α-hetero) is 1. The lowest BCUT2D eigenvalue weighted by Crippen LogP contribution is -2.33. The molecule has 3 heterocycles. The van der Waals surface area contributed by atoms with Crippen LogP contribution in [0.2, 0.25) is 5.28 Å². The van der Waals surface area contributed by atoms with E-state index in [4.69, 9.17) is 11.6 Å². The molecule has 5 rings (SSSR count). The number of anilines is 2. The first-order valence-electron chi connectivity index (χ1n) is 14.9. The fourth-order valence-electron chi connectivity index (χ4n) is 6.21. The van der Waals surface area contributed by atoms with Gasteiger partial charge in [-0.2, -0.15) is 4.98 Å². The summed E-state index contributed by atoms with van der Waals surface area (Å²) < 4.78 is 16.5. The number of ketones is 1. The molecule has 2 aromatic rings. The molecule has 2 aromatic heterocycles. The number of allylic oxidation sites excluding steroid dienone is 4. The molecule has 1 amide bonds. The van der Waals surface area contributed by atoms with Crippen molar-refractivity contribution < 1.29 is 14.0 Å². The van der Waals surface area contributed by atoms with E-state index in [0.29, 0.717) is 43.5 Å². The number of halogens is 2. The lowest BCUT2D eigenvalue weighted by molar-refractivity contribution is -0.115. The third kappa shape index (κ3) is 5.68. The number of carbonyl (C=O) groups is 2. The third-order valence-electron chi connectivity index (χ3n) is 8.58. The van der Waals surface area contributed by atoms with Crippen molar-refractivity contribution in [3.05, 3.63) is 56.4 Å². The number of aromatic nitrogens is 3. The van der Waals surface area contributed by atoms with Gasteiger partial charge in [0.25, 0.3) is 5.91 Å². The Morgan fingerprint density at radius 2 is 1.83 bits per heavy atom. The van der Waals surface area contributed by atoms with Crippen molar-refractivity contribution in [1.29, 1.82) is 0 Å². The Hall–Kier alpha value is -3.13. The third-order valence-corrected chi connectivity index (χ3v) is 8.75. The molecule has 220 valence electrons. The second-order valence-electron chi connectivity index (χ2n) is 11.1. The number of nitrogens with one attached hydrogen (secondary N) is 2. The van der Waals surface area contributed by atoms with E-state index < -0.39 is 5.82 Å². The Morgan fingerprint density at radius 3 is 2.44 bits per heavy atom. The molecule has 0 aromatic carbocycles. The number of hydrogen-bond acceptors (Lipinski definition) is 6. The van der Waals surface area contributed by atoms with Gasteiger partial charge in [-0.05, 0) is 78.7 Å². The van der Waals surface area contributed by atoms with Gasteiger partial charge in [-0.25, -0.2) is 14.4 Å².